The quantitative estimate of drug-likeness (QED) is 0.271. The molecule has 0 aromatic heterocycles. The monoisotopic (exact) mass is 339 g/mol. The summed E-state index contributed by atoms with van der Waals surface area (Å²) in [4.78, 5) is 11.5. The minimum absolute atomic E-state index is 0.0120. The second kappa shape index (κ2) is 18.5. The van der Waals surface area contributed by atoms with Crippen LogP contribution in [0, 0.1) is 0 Å². The van der Waals surface area contributed by atoms with Crippen molar-refractivity contribution in [2.75, 3.05) is 6.61 Å². The number of carbonyl (C=O) groups is 1. The SMILES string of the molecule is CCCCCCCC/C=C\CCCCCCCC(=O)N[C@@H](C)CO. The minimum Gasteiger partial charge on any atom is -0.394 e. The maximum Gasteiger partial charge on any atom is 0.220 e. The summed E-state index contributed by atoms with van der Waals surface area (Å²) >= 11 is 0. The third-order valence-electron chi connectivity index (χ3n) is 4.35. The van der Waals surface area contributed by atoms with Crippen LogP contribution in [0.3, 0.4) is 0 Å². The molecule has 0 fully saturated rings. The van der Waals surface area contributed by atoms with Gasteiger partial charge in [0.05, 0.1) is 6.61 Å². The molecule has 142 valence electrons. The number of carbonyl (C=O) groups excluding carboxylic acids is 1. The van der Waals surface area contributed by atoms with Crippen LogP contribution in [0.4, 0.5) is 0 Å². The molecule has 1 amide bonds. The maximum absolute atomic E-state index is 11.5. The number of amides is 1. The molecule has 24 heavy (non-hydrogen) atoms. The number of unbranched alkanes of at least 4 members (excludes halogenated alkanes) is 11. The predicted molar refractivity (Wildman–Crippen MR) is 104 cm³/mol. The fourth-order valence-corrected chi connectivity index (χ4v) is 2.75. The van der Waals surface area contributed by atoms with Gasteiger partial charge >= 0.3 is 0 Å². The van der Waals surface area contributed by atoms with Gasteiger partial charge in [-0.25, -0.2) is 0 Å². The van der Waals surface area contributed by atoms with Crippen molar-refractivity contribution in [2.24, 2.45) is 0 Å². The molecule has 0 heterocycles. The van der Waals surface area contributed by atoms with Gasteiger partial charge in [0.1, 0.15) is 0 Å². The first kappa shape index (κ1) is 23.2. The van der Waals surface area contributed by atoms with Crippen LogP contribution < -0.4 is 5.32 Å². The standard InChI is InChI=1S/C21H41NO2/c1-3-4-5-6-7-8-9-10-11-12-13-14-15-16-17-18-21(24)22-20(2)19-23/h10-11,20,23H,3-9,12-19H2,1-2H3,(H,22,24)/b11-10-/t20-/m0/s1. The van der Waals surface area contributed by atoms with E-state index < -0.39 is 0 Å². The van der Waals surface area contributed by atoms with E-state index in [2.05, 4.69) is 24.4 Å². The second-order valence-corrected chi connectivity index (χ2v) is 6.99. The van der Waals surface area contributed by atoms with Gasteiger partial charge in [-0.2, -0.15) is 0 Å². The summed E-state index contributed by atoms with van der Waals surface area (Å²) in [6.45, 7) is 4.09. The molecule has 0 aromatic carbocycles. The molecule has 0 spiro atoms. The molecule has 0 aliphatic rings. The van der Waals surface area contributed by atoms with Crippen molar-refractivity contribution >= 4 is 5.91 Å². The number of aliphatic hydroxyl groups excluding tert-OH is 1. The molecular formula is C21H41NO2. The minimum atomic E-state index is -0.124. The van der Waals surface area contributed by atoms with E-state index in [-0.39, 0.29) is 18.6 Å². The van der Waals surface area contributed by atoms with Crippen LogP contribution in [0.1, 0.15) is 104 Å². The lowest BCUT2D eigenvalue weighted by molar-refractivity contribution is -0.122. The largest absolute Gasteiger partial charge is 0.394 e. The van der Waals surface area contributed by atoms with Crippen LogP contribution in [0.25, 0.3) is 0 Å². The number of hydrogen-bond donors (Lipinski definition) is 2. The van der Waals surface area contributed by atoms with E-state index >= 15 is 0 Å². The smallest absolute Gasteiger partial charge is 0.220 e. The first-order valence-corrected chi connectivity index (χ1v) is 10.3. The molecule has 0 aliphatic carbocycles. The highest BCUT2D eigenvalue weighted by molar-refractivity contribution is 5.76. The number of hydrogen-bond acceptors (Lipinski definition) is 2. The average Bonchev–Trinajstić information content (AvgIpc) is 2.58. The van der Waals surface area contributed by atoms with Crippen molar-refractivity contribution < 1.29 is 9.90 Å². The van der Waals surface area contributed by atoms with Crippen molar-refractivity contribution in [1.29, 1.82) is 0 Å². The Balaban J connectivity index is 3.22. The van der Waals surface area contributed by atoms with E-state index in [0.717, 1.165) is 12.8 Å². The topological polar surface area (TPSA) is 49.3 Å². The highest BCUT2D eigenvalue weighted by Crippen LogP contribution is 2.09. The number of aliphatic hydroxyl groups is 1. The summed E-state index contributed by atoms with van der Waals surface area (Å²) in [6, 6.07) is -0.124. The zero-order valence-electron chi connectivity index (χ0n) is 16.2. The second-order valence-electron chi connectivity index (χ2n) is 6.99. The lowest BCUT2D eigenvalue weighted by Crippen LogP contribution is -2.34. The molecule has 3 heteroatoms. The van der Waals surface area contributed by atoms with Crippen LogP contribution in [-0.4, -0.2) is 23.7 Å². The van der Waals surface area contributed by atoms with Gasteiger partial charge < -0.3 is 10.4 Å². The number of rotatable bonds is 17. The summed E-state index contributed by atoms with van der Waals surface area (Å²) in [6.07, 6.45) is 21.8. The molecular weight excluding hydrogens is 298 g/mol. The van der Waals surface area contributed by atoms with Crippen molar-refractivity contribution in [3.63, 3.8) is 0 Å². The maximum atomic E-state index is 11.5. The lowest BCUT2D eigenvalue weighted by atomic mass is 10.1. The third-order valence-corrected chi connectivity index (χ3v) is 4.35. The van der Waals surface area contributed by atoms with Gasteiger partial charge in [-0.05, 0) is 39.0 Å². The normalized spacial score (nSPS) is 12.6. The Bertz CT molecular complexity index is 302. The molecule has 0 rings (SSSR count). The van der Waals surface area contributed by atoms with Gasteiger partial charge in [0.25, 0.3) is 0 Å². The van der Waals surface area contributed by atoms with Gasteiger partial charge in [-0.3, -0.25) is 4.79 Å². The average molecular weight is 340 g/mol. The zero-order chi connectivity index (χ0) is 17.9. The molecule has 0 bridgehead atoms. The summed E-state index contributed by atoms with van der Waals surface area (Å²) < 4.78 is 0. The Hall–Kier alpha value is -0.830. The summed E-state index contributed by atoms with van der Waals surface area (Å²) in [5.74, 6) is 0.0641. The Kier molecular flexibility index (Phi) is 17.9. The molecule has 3 nitrogen and oxygen atoms in total. The Morgan fingerprint density at radius 2 is 1.38 bits per heavy atom. The Morgan fingerprint density at radius 3 is 1.92 bits per heavy atom. The van der Waals surface area contributed by atoms with Crippen molar-refractivity contribution in [3.05, 3.63) is 12.2 Å². The highest BCUT2D eigenvalue weighted by atomic mass is 16.3. The molecule has 1 atom stereocenters. The predicted octanol–water partition coefficient (Wildman–Crippen LogP) is 5.52. The van der Waals surface area contributed by atoms with Crippen LogP contribution in [0.5, 0.6) is 0 Å². The van der Waals surface area contributed by atoms with Gasteiger partial charge in [0, 0.05) is 12.5 Å². The molecule has 0 unspecified atom stereocenters. The van der Waals surface area contributed by atoms with E-state index in [0.29, 0.717) is 6.42 Å². The fourth-order valence-electron chi connectivity index (χ4n) is 2.75. The van der Waals surface area contributed by atoms with Crippen LogP contribution in [0.2, 0.25) is 0 Å². The highest BCUT2D eigenvalue weighted by Gasteiger charge is 2.05. The third kappa shape index (κ3) is 17.5. The Labute approximate surface area is 150 Å². The summed E-state index contributed by atoms with van der Waals surface area (Å²) in [5.41, 5.74) is 0. The molecule has 2 N–H and O–H groups in total. The van der Waals surface area contributed by atoms with Crippen molar-refractivity contribution in [1.82, 2.24) is 5.32 Å². The van der Waals surface area contributed by atoms with E-state index in [1.54, 1.807) is 0 Å². The molecule has 0 aromatic rings. The first-order valence-electron chi connectivity index (χ1n) is 10.3. The fraction of sp³-hybridized carbons (Fsp3) is 0.857. The summed E-state index contributed by atoms with van der Waals surface area (Å²) in [7, 11) is 0. The molecule has 0 aliphatic heterocycles. The van der Waals surface area contributed by atoms with Crippen molar-refractivity contribution in [2.45, 2.75) is 110 Å². The van der Waals surface area contributed by atoms with Gasteiger partial charge in [0.2, 0.25) is 5.91 Å². The van der Waals surface area contributed by atoms with E-state index in [1.807, 2.05) is 6.92 Å². The Morgan fingerprint density at radius 1 is 0.875 bits per heavy atom. The van der Waals surface area contributed by atoms with Gasteiger partial charge in [0.15, 0.2) is 0 Å². The van der Waals surface area contributed by atoms with Gasteiger partial charge in [-0.15, -0.1) is 0 Å². The molecule has 0 saturated carbocycles. The van der Waals surface area contributed by atoms with Crippen molar-refractivity contribution in [3.8, 4) is 0 Å². The van der Waals surface area contributed by atoms with Crippen LogP contribution in [-0.2, 0) is 4.79 Å². The first-order chi connectivity index (χ1) is 11.7. The summed E-state index contributed by atoms with van der Waals surface area (Å²) in [5, 5.41) is 11.6. The molecule has 0 saturated heterocycles. The van der Waals surface area contributed by atoms with E-state index in [1.165, 1.54) is 70.6 Å². The zero-order valence-corrected chi connectivity index (χ0v) is 16.2. The van der Waals surface area contributed by atoms with Gasteiger partial charge in [-0.1, -0.05) is 70.4 Å². The van der Waals surface area contributed by atoms with Crippen LogP contribution in [0.15, 0.2) is 12.2 Å². The van der Waals surface area contributed by atoms with Crippen LogP contribution >= 0.6 is 0 Å². The van der Waals surface area contributed by atoms with E-state index in [9.17, 15) is 4.79 Å². The number of allylic oxidation sites excluding steroid dienone is 2. The van der Waals surface area contributed by atoms with E-state index in [4.69, 9.17) is 5.11 Å². The molecule has 0 radical (unpaired) electrons. The lowest BCUT2D eigenvalue weighted by Gasteiger charge is -2.10. The number of nitrogens with one attached hydrogen (secondary N) is 1.